The van der Waals surface area contributed by atoms with Crippen LogP contribution in [0.15, 0.2) is 127 Å². The van der Waals surface area contributed by atoms with Crippen molar-refractivity contribution in [3.8, 4) is 0 Å². The molecule has 0 aromatic heterocycles. The molecule has 0 fully saturated rings. The monoisotopic (exact) mass is 454 g/mol. The van der Waals surface area contributed by atoms with Crippen LogP contribution >= 0.6 is 0 Å². The second kappa shape index (κ2) is 8.57. The lowest BCUT2D eigenvalue weighted by molar-refractivity contribution is 0.126. The van der Waals surface area contributed by atoms with E-state index in [1.807, 2.05) is 0 Å². The maximum atomic E-state index is 6.66. The summed E-state index contributed by atoms with van der Waals surface area (Å²) in [6.45, 7) is 0. The maximum Gasteiger partial charge on any atom is 0.147 e. The molecule has 6 aromatic rings. The van der Waals surface area contributed by atoms with E-state index in [9.17, 15) is 0 Å². The molecule has 0 bridgehead atoms. The molecule has 0 aliphatic carbocycles. The summed E-state index contributed by atoms with van der Waals surface area (Å²) in [5.74, 6) is 0. The van der Waals surface area contributed by atoms with E-state index in [1.165, 1.54) is 49.0 Å². The van der Waals surface area contributed by atoms with Crippen LogP contribution in [0.5, 0.6) is 0 Å². The first-order valence-electron chi connectivity index (χ1n) is 11.8. The van der Waals surface area contributed by atoms with Gasteiger partial charge in [0.15, 0.2) is 0 Å². The smallest absolute Gasteiger partial charge is 0.147 e. The fourth-order valence-corrected chi connectivity index (χ4v) is 5.81. The van der Waals surface area contributed by atoms with E-state index in [0.717, 1.165) is 6.42 Å². The second-order valence-corrected chi connectivity index (χ2v) is 9.42. The van der Waals surface area contributed by atoms with Crippen molar-refractivity contribution in [3.63, 3.8) is 0 Å². The summed E-state index contributed by atoms with van der Waals surface area (Å²) in [7, 11) is 0.622. The van der Waals surface area contributed by atoms with Crippen LogP contribution in [-0.2, 0) is 16.4 Å². The zero-order chi connectivity index (χ0) is 23.0. The van der Waals surface area contributed by atoms with Gasteiger partial charge in [0.25, 0.3) is 0 Å². The molecule has 6 rings (SSSR count). The third-order valence-electron chi connectivity index (χ3n) is 7.05. The molecule has 0 heterocycles. The topological polar surface area (TPSA) is 9.23 Å². The molecule has 6 aromatic carbocycles. The Labute approximate surface area is 203 Å². The number of hydrogen-bond acceptors (Lipinski definition) is 1. The predicted octanol–water partition coefficient (Wildman–Crippen LogP) is 6.93. The van der Waals surface area contributed by atoms with Crippen LogP contribution in [0.25, 0.3) is 32.3 Å². The third kappa shape index (κ3) is 3.62. The van der Waals surface area contributed by atoms with Gasteiger partial charge < -0.3 is 4.43 Å². The minimum Gasteiger partial charge on any atom is -0.414 e. The minimum atomic E-state index is -0.553. The van der Waals surface area contributed by atoms with E-state index in [0.29, 0.717) is 10.5 Å². The van der Waals surface area contributed by atoms with Crippen LogP contribution in [0.4, 0.5) is 0 Å². The van der Waals surface area contributed by atoms with Gasteiger partial charge >= 0.3 is 0 Å². The van der Waals surface area contributed by atoms with Crippen LogP contribution < -0.4 is 0 Å². The molecule has 164 valence electrons. The summed E-state index contributed by atoms with van der Waals surface area (Å²) in [5, 5.41) is 7.50. The molecule has 0 spiro atoms. The zero-order valence-electron chi connectivity index (χ0n) is 19.2. The highest BCUT2D eigenvalue weighted by Gasteiger charge is 2.34. The molecule has 34 heavy (non-hydrogen) atoms. The maximum absolute atomic E-state index is 6.66. The number of benzene rings is 6. The van der Waals surface area contributed by atoms with Crippen molar-refractivity contribution in [2.45, 2.75) is 12.0 Å². The van der Waals surface area contributed by atoms with Crippen molar-refractivity contribution in [3.05, 3.63) is 144 Å². The second-order valence-electron chi connectivity index (χ2n) is 9.01. The Kier molecular flexibility index (Phi) is 5.25. The van der Waals surface area contributed by atoms with Crippen molar-refractivity contribution in [2.75, 3.05) is 0 Å². The average molecular weight is 455 g/mol. The highest BCUT2D eigenvalue weighted by molar-refractivity contribution is 5.99. The number of fused-ring (bicyclic) bond motifs is 3. The molecular formula is C32H26OSi. The Bertz CT molecular complexity index is 1560. The fraction of sp³-hybridized carbons (Fsp3) is 0.0625. The lowest BCUT2D eigenvalue weighted by atomic mass is 9.79. The summed E-state index contributed by atoms with van der Waals surface area (Å²) in [4.78, 5) is 0. The summed E-state index contributed by atoms with van der Waals surface area (Å²) in [5.41, 5.74) is 3.12. The zero-order valence-corrected chi connectivity index (χ0v) is 21.2. The Morgan fingerprint density at radius 1 is 0.471 bits per heavy atom. The molecule has 0 atom stereocenters. The van der Waals surface area contributed by atoms with Crippen LogP contribution in [0.3, 0.4) is 0 Å². The molecule has 0 amide bonds. The van der Waals surface area contributed by atoms with Gasteiger partial charge in [0.05, 0.1) is 0 Å². The van der Waals surface area contributed by atoms with Crippen molar-refractivity contribution in [1.82, 2.24) is 0 Å². The van der Waals surface area contributed by atoms with Gasteiger partial charge in [-0.1, -0.05) is 115 Å². The van der Waals surface area contributed by atoms with Crippen LogP contribution in [0, 0.1) is 0 Å². The summed E-state index contributed by atoms with van der Waals surface area (Å²) >= 11 is 0. The van der Waals surface area contributed by atoms with Gasteiger partial charge in [-0.25, -0.2) is 0 Å². The summed E-state index contributed by atoms with van der Waals surface area (Å²) in [6.07, 6.45) is 0.776. The minimum absolute atomic E-state index is 0.553. The van der Waals surface area contributed by atoms with Crippen LogP contribution in [0.2, 0.25) is 0 Å². The molecule has 2 heteroatoms. The van der Waals surface area contributed by atoms with Gasteiger partial charge in [0, 0.05) is 6.42 Å². The molecule has 0 N–H and O–H groups in total. The van der Waals surface area contributed by atoms with Crippen LogP contribution in [0.1, 0.15) is 16.7 Å². The van der Waals surface area contributed by atoms with E-state index in [4.69, 9.17) is 4.43 Å². The Morgan fingerprint density at radius 3 is 1.35 bits per heavy atom. The molecular weight excluding hydrogens is 428 g/mol. The van der Waals surface area contributed by atoms with E-state index in [-0.39, 0.29) is 0 Å². The van der Waals surface area contributed by atoms with Crippen molar-refractivity contribution < 1.29 is 4.43 Å². The van der Waals surface area contributed by atoms with Gasteiger partial charge in [-0.15, -0.1) is 0 Å². The van der Waals surface area contributed by atoms with E-state index in [2.05, 4.69) is 127 Å². The first-order valence-corrected chi connectivity index (χ1v) is 12.6. The molecule has 0 unspecified atom stereocenters. The standard InChI is InChI=1S/C32H26OSi/c34-33-32(30-17-15-25-8-2-5-11-28(25)20-30,31-18-16-26-9-3-6-12-29(26)21-31)22-23-13-14-24-7-1-4-10-27(24)19-23/h1-21H,22H2,34H3. The largest absolute Gasteiger partial charge is 0.414 e. The number of hydrogen-bond donors (Lipinski definition) is 0. The molecule has 0 aliphatic rings. The number of rotatable bonds is 5. The Balaban J connectivity index is 1.57. The normalized spacial score (nSPS) is 12.0. The predicted molar refractivity (Wildman–Crippen MR) is 147 cm³/mol. The summed E-state index contributed by atoms with van der Waals surface area (Å²) < 4.78 is 6.66. The average Bonchev–Trinajstić information content (AvgIpc) is 2.91. The van der Waals surface area contributed by atoms with E-state index < -0.39 is 5.60 Å². The molecule has 1 nitrogen and oxygen atoms in total. The van der Waals surface area contributed by atoms with E-state index in [1.54, 1.807) is 0 Å². The molecule has 0 saturated heterocycles. The SMILES string of the molecule is [SiH3]OC(Cc1ccc2ccccc2c1)(c1ccc2ccccc2c1)c1ccc2ccccc2c1. The van der Waals surface area contributed by atoms with Gasteiger partial charge in [0.2, 0.25) is 0 Å². The van der Waals surface area contributed by atoms with Gasteiger partial charge in [-0.2, -0.15) is 0 Å². The van der Waals surface area contributed by atoms with Crippen molar-refractivity contribution in [1.29, 1.82) is 0 Å². The summed E-state index contributed by atoms with van der Waals surface area (Å²) in [6, 6.07) is 46.0. The van der Waals surface area contributed by atoms with Crippen molar-refractivity contribution in [2.24, 2.45) is 0 Å². The van der Waals surface area contributed by atoms with Gasteiger partial charge in [-0.3, -0.25) is 0 Å². The highest BCUT2D eigenvalue weighted by Crippen LogP contribution is 2.39. The Hall–Kier alpha value is -3.72. The van der Waals surface area contributed by atoms with E-state index >= 15 is 0 Å². The lowest BCUT2D eigenvalue weighted by Gasteiger charge is -2.35. The first kappa shape index (κ1) is 20.9. The molecule has 0 aliphatic heterocycles. The van der Waals surface area contributed by atoms with Crippen LogP contribution in [-0.4, -0.2) is 10.5 Å². The Morgan fingerprint density at radius 2 is 0.882 bits per heavy atom. The van der Waals surface area contributed by atoms with Gasteiger partial charge in [-0.05, 0) is 61.1 Å². The van der Waals surface area contributed by atoms with Crippen molar-refractivity contribution >= 4 is 42.8 Å². The van der Waals surface area contributed by atoms with Gasteiger partial charge in [0.1, 0.15) is 16.1 Å². The fourth-order valence-electron chi connectivity index (χ4n) is 5.20. The molecule has 0 radical (unpaired) electrons. The quantitative estimate of drug-likeness (QED) is 0.257. The first-order chi connectivity index (χ1) is 16.7. The highest BCUT2D eigenvalue weighted by atomic mass is 28.2. The lowest BCUT2D eigenvalue weighted by Crippen LogP contribution is -2.33. The third-order valence-corrected chi connectivity index (χ3v) is 7.74. The molecule has 0 saturated carbocycles.